The Hall–Kier alpha value is -2.51. The summed E-state index contributed by atoms with van der Waals surface area (Å²) in [5.41, 5.74) is -3.61. The highest BCUT2D eigenvalue weighted by Crippen LogP contribution is 2.37. The van der Waals surface area contributed by atoms with Crippen molar-refractivity contribution in [1.82, 2.24) is 0 Å². The second kappa shape index (κ2) is 6.18. The lowest BCUT2D eigenvalue weighted by Crippen LogP contribution is -2.29. The monoisotopic (exact) mass is 347 g/mol. The summed E-state index contributed by atoms with van der Waals surface area (Å²) < 4.78 is 77.3. The van der Waals surface area contributed by atoms with Crippen LogP contribution in [-0.2, 0) is 12.4 Å². The smallest absolute Gasteiger partial charge is 0.311 e. The minimum atomic E-state index is -5.09. The van der Waals surface area contributed by atoms with Crippen LogP contribution in [0.5, 0.6) is 0 Å². The molecule has 0 spiro atoms. The van der Waals surface area contributed by atoms with E-state index in [1.54, 1.807) is 18.2 Å². The number of para-hydroxylation sites is 1. The lowest BCUT2D eigenvalue weighted by atomic mass is 10.0. The summed E-state index contributed by atoms with van der Waals surface area (Å²) in [7, 11) is 1.25. The van der Waals surface area contributed by atoms with Crippen LogP contribution in [0, 0.1) is 0 Å². The molecule has 0 aromatic heterocycles. The molecule has 0 atom stereocenters. The average Bonchev–Trinajstić information content (AvgIpc) is 2.52. The van der Waals surface area contributed by atoms with E-state index in [2.05, 4.69) is 0 Å². The number of alkyl halides is 6. The van der Waals surface area contributed by atoms with Crippen molar-refractivity contribution in [3.63, 3.8) is 0 Å². The minimum Gasteiger partial charge on any atom is -0.311 e. The van der Waals surface area contributed by atoms with Gasteiger partial charge in [0.05, 0.1) is 16.7 Å². The van der Waals surface area contributed by atoms with Gasteiger partial charge < -0.3 is 4.90 Å². The molecule has 0 unspecified atom stereocenters. The van der Waals surface area contributed by atoms with Gasteiger partial charge in [0.2, 0.25) is 0 Å². The Balaban J connectivity index is 2.51. The van der Waals surface area contributed by atoms with Crippen LogP contribution >= 0.6 is 0 Å². The predicted octanol–water partition coefficient (Wildman–Crippen LogP) is 5.00. The fourth-order valence-corrected chi connectivity index (χ4v) is 2.09. The molecule has 2 aromatic rings. The molecule has 0 aliphatic rings. The Bertz CT molecular complexity index is 736. The fourth-order valence-electron chi connectivity index (χ4n) is 2.09. The predicted molar refractivity (Wildman–Crippen MR) is 75.6 cm³/mol. The van der Waals surface area contributed by atoms with Gasteiger partial charge in [-0.2, -0.15) is 26.3 Å². The van der Waals surface area contributed by atoms with Gasteiger partial charge in [-0.05, 0) is 30.3 Å². The van der Waals surface area contributed by atoms with E-state index in [4.69, 9.17) is 0 Å². The van der Waals surface area contributed by atoms with E-state index in [1.807, 2.05) is 0 Å². The van der Waals surface area contributed by atoms with Gasteiger partial charge in [0.15, 0.2) is 0 Å². The molecule has 0 aliphatic heterocycles. The van der Waals surface area contributed by atoms with Crippen LogP contribution in [0.25, 0.3) is 0 Å². The quantitative estimate of drug-likeness (QED) is 0.700. The largest absolute Gasteiger partial charge is 0.417 e. The summed E-state index contributed by atoms with van der Waals surface area (Å²) >= 11 is 0. The third kappa shape index (κ3) is 3.69. The first-order chi connectivity index (χ1) is 11.0. The van der Waals surface area contributed by atoms with Gasteiger partial charge >= 0.3 is 12.4 Å². The van der Waals surface area contributed by atoms with Crippen LogP contribution in [-0.4, -0.2) is 13.0 Å². The average molecular weight is 347 g/mol. The molecule has 2 nitrogen and oxygen atoms in total. The van der Waals surface area contributed by atoms with Crippen molar-refractivity contribution in [3.05, 3.63) is 65.2 Å². The number of hydrogen-bond donors (Lipinski definition) is 0. The van der Waals surface area contributed by atoms with E-state index in [-0.39, 0.29) is 6.07 Å². The zero-order valence-corrected chi connectivity index (χ0v) is 12.2. The number of halogens is 6. The number of carbonyl (C=O) groups is 1. The number of rotatable bonds is 2. The molecule has 0 saturated carbocycles. The van der Waals surface area contributed by atoms with E-state index in [0.717, 1.165) is 4.90 Å². The molecule has 8 heteroatoms. The number of anilines is 1. The molecule has 1 amide bonds. The van der Waals surface area contributed by atoms with Crippen LogP contribution in [0.2, 0.25) is 0 Å². The molecule has 24 heavy (non-hydrogen) atoms. The molecule has 0 saturated heterocycles. The maximum Gasteiger partial charge on any atom is 0.417 e. The molecular formula is C16H11F6NO. The van der Waals surface area contributed by atoms with Gasteiger partial charge in [-0.25, -0.2) is 0 Å². The molecule has 0 bridgehead atoms. The summed E-state index contributed by atoms with van der Waals surface area (Å²) in [5, 5.41) is 0. The Morgan fingerprint density at radius 3 is 1.96 bits per heavy atom. The Kier molecular flexibility index (Phi) is 4.59. The lowest BCUT2D eigenvalue weighted by Gasteiger charge is -2.21. The fraction of sp³-hybridized carbons (Fsp3) is 0.188. The summed E-state index contributed by atoms with van der Waals surface area (Å²) in [4.78, 5) is 13.3. The second-order valence-corrected chi connectivity index (χ2v) is 4.96. The van der Waals surface area contributed by atoms with Crippen molar-refractivity contribution in [1.29, 1.82) is 0 Å². The van der Waals surface area contributed by atoms with Crippen LogP contribution in [0.1, 0.15) is 21.5 Å². The van der Waals surface area contributed by atoms with Gasteiger partial charge in [-0.1, -0.05) is 18.2 Å². The number of benzene rings is 2. The number of carbonyl (C=O) groups excluding carboxylic acids is 1. The van der Waals surface area contributed by atoms with E-state index in [0.29, 0.717) is 17.8 Å². The molecule has 0 heterocycles. The summed E-state index contributed by atoms with van der Waals surface area (Å²) in [6, 6.07) is 8.76. The van der Waals surface area contributed by atoms with Crippen molar-refractivity contribution in [2.75, 3.05) is 11.9 Å². The van der Waals surface area contributed by atoms with Gasteiger partial charge in [0.1, 0.15) is 0 Å². The van der Waals surface area contributed by atoms with Gasteiger partial charge in [0, 0.05) is 12.7 Å². The van der Waals surface area contributed by atoms with Crippen LogP contribution in [0.3, 0.4) is 0 Å². The molecule has 0 fully saturated rings. The van der Waals surface area contributed by atoms with Crippen LogP contribution in [0.15, 0.2) is 48.5 Å². The molecule has 2 rings (SSSR count). The van der Waals surface area contributed by atoms with Crippen LogP contribution < -0.4 is 4.90 Å². The molecular weight excluding hydrogens is 336 g/mol. The highest BCUT2D eigenvalue weighted by atomic mass is 19.4. The molecule has 2 aromatic carbocycles. The Morgan fingerprint density at radius 2 is 1.46 bits per heavy atom. The van der Waals surface area contributed by atoms with Crippen molar-refractivity contribution in [2.24, 2.45) is 0 Å². The van der Waals surface area contributed by atoms with E-state index >= 15 is 0 Å². The van der Waals surface area contributed by atoms with Gasteiger partial charge in [-0.15, -0.1) is 0 Å². The highest BCUT2D eigenvalue weighted by Gasteiger charge is 2.39. The van der Waals surface area contributed by atoms with E-state index in [9.17, 15) is 31.1 Å². The van der Waals surface area contributed by atoms with Crippen molar-refractivity contribution in [3.8, 4) is 0 Å². The summed E-state index contributed by atoms with van der Waals surface area (Å²) in [5.74, 6) is -1.05. The first-order valence-corrected chi connectivity index (χ1v) is 6.63. The van der Waals surface area contributed by atoms with Gasteiger partial charge in [-0.3, -0.25) is 4.79 Å². The third-order valence-corrected chi connectivity index (χ3v) is 3.33. The van der Waals surface area contributed by atoms with Gasteiger partial charge in [0.25, 0.3) is 5.91 Å². The van der Waals surface area contributed by atoms with E-state index < -0.39 is 35.0 Å². The topological polar surface area (TPSA) is 20.3 Å². The Morgan fingerprint density at radius 1 is 0.875 bits per heavy atom. The lowest BCUT2D eigenvalue weighted by molar-refractivity contribution is -0.143. The summed E-state index contributed by atoms with van der Waals surface area (Å²) in [6.45, 7) is 0. The maximum absolute atomic E-state index is 13.1. The number of nitrogens with zero attached hydrogens (tertiary/aromatic N) is 1. The molecule has 0 radical (unpaired) electrons. The SMILES string of the molecule is CN(C(=O)c1ccc(C(F)(F)F)cc1C(F)(F)F)c1ccccc1. The highest BCUT2D eigenvalue weighted by molar-refractivity contribution is 6.06. The number of hydrogen-bond acceptors (Lipinski definition) is 1. The zero-order chi connectivity index (χ0) is 18.1. The van der Waals surface area contributed by atoms with E-state index in [1.165, 1.54) is 19.2 Å². The first kappa shape index (κ1) is 17.8. The Labute approximate surface area is 133 Å². The second-order valence-electron chi connectivity index (χ2n) is 4.96. The normalized spacial score (nSPS) is 12.1. The standard InChI is InChI=1S/C16H11F6NO/c1-23(11-5-3-2-4-6-11)14(24)12-8-7-10(15(17,18)19)9-13(12)16(20,21)22/h2-9H,1H3. The summed E-state index contributed by atoms with van der Waals surface area (Å²) in [6.07, 6.45) is -10.0. The van der Waals surface area contributed by atoms with Crippen molar-refractivity contribution >= 4 is 11.6 Å². The first-order valence-electron chi connectivity index (χ1n) is 6.63. The molecule has 0 N–H and O–H groups in total. The maximum atomic E-state index is 13.1. The third-order valence-electron chi connectivity index (χ3n) is 3.33. The minimum absolute atomic E-state index is 0.0495. The van der Waals surface area contributed by atoms with Crippen LogP contribution in [0.4, 0.5) is 32.0 Å². The molecule has 0 aliphatic carbocycles. The molecule has 128 valence electrons. The number of amides is 1. The zero-order valence-electron chi connectivity index (χ0n) is 12.2. The van der Waals surface area contributed by atoms with Crippen molar-refractivity contribution < 1.29 is 31.1 Å². The van der Waals surface area contributed by atoms with Crippen molar-refractivity contribution in [2.45, 2.75) is 12.4 Å².